The van der Waals surface area contributed by atoms with E-state index in [2.05, 4.69) is 36.4 Å². The second-order valence-corrected chi connectivity index (χ2v) is 6.37. The van der Waals surface area contributed by atoms with Crippen molar-refractivity contribution in [1.29, 1.82) is 0 Å². The van der Waals surface area contributed by atoms with E-state index in [0.717, 1.165) is 12.8 Å². The highest BCUT2D eigenvalue weighted by Crippen LogP contribution is 2.19. The van der Waals surface area contributed by atoms with E-state index in [1.807, 2.05) is 0 Å². The topological polar surface area (TPSA) is 46.9 Å². The number of aryl methyl sites for hydroxylation is 2. The molecule has 0 aliphatic heterocycles. The van der Waals surface area contributed by atoms with Crippen LogP contribution in [0.1, 0.15) is 29.5 Å². The van der Waals surface area contributed by atoms with E-state index in [-0.39, 0.29) is 10.6 Å². The highest BCUT2D eigenvalue weighted by Gasteiger charge is 2.09. The van der Waals surface area contributed by atoms with Crippen LogP contribution in [0.2, 0.25) is 5.02 Å². The van der Waals surface area contributed by atoms with Crippen LogP contribution in [0.25, 0.3) is 0 Å². The van der Waals surface area contributed by atoms with Gasteiger partial charge in [-0.25, -0.2) is 4.68 Å². The third-order valence-corrected chi connectivity index (χ3v) is 4.32. The number of hydrogen-bond acceptors (Lipinski definition) is 4. The van der Waals surface area contributed by atoms with E-state index in [1.54, 1.807) is 17.5 Å². The Labute approximate surface area is 127 Å². The van der Waals surface area contributed by atoms with Crippen LogP contribution in [0.15, 0.2) is 23.1 Å². The van der Waals surface area contributed by atoms with Crippen molar-refractivity contribution in [3.63, 3.8) is 0 Å². The van der Waals surface area contributed by atoms with Gasteiger partial charge in [0.15, 0.2) is 0 Å². The molecule has 0 amide bonds. The standard InChI is InChI=1S/C14H18ClN3OS/c1-3-4-7-18-14(19)13(15)12(9-17-18)16-8-11-6-5-10(2)20-11/h5-6,9,16H,3-4,7-8H2,1-2H3. The van der Waals surface area contributed by atoms with Crippen LogP contribution < -0.4 is 10.9 Å². The van der Waals surface area contributed by atoms with Crippen LogP contribution in [0.5, 0.6) is 0 Å². The summed E-state index contributed by atoms with van der Waals surface area (Å²) in [6.07, 6.45) is 3.56. The number of thiophene rings is 1. The molecule has 0 aliphatic rings. The summed E-state index contributed by atoms with van der Waals surface area (Å²) >= 11 is 7.84. The van der Waals surface area contributed by atoms with Gasteiger partial charge in [0.05, 0.1) is 11.9 Å². The van der Waals surface area contributed by atoms with E-state index < -0.39 is 0 Å². The van der Waals surface area contributed by atoms with Crippen LogP contribution in [0.4, 0.5) is 5.69 Å². The number of aromatic nitrogens is 2. The van der Waals surface area contributed by atoms with Crippen molar-refractivity contribution < 1.29 is 0 Å². The number of hydrogen-bond donors (Lipinski definition) is 1. The first-order chi connectivity index (χ1) is 9.61. The molecule has 2 aromatic heterocycles. The number of anilines is 1. The van der Waals surface area contributed by atoms with Gasteiger partial charge >= 0.3 is 0 Å². The molecule has 2 aromatic rings. The summed E-state index contributed by atoms with van der Waals surface area (Å²) in [6, 6.07) is 4.14. The number of nitrogens with one attached hydrogen (secondary N) is 1. The van der Waals surface area contributed by atoms with E-state index >= 15 is 0 Å². The molecule has 2 rings (SSSR count). The van der Waals surface area contributed by atoms with Crippen molar-refractivity contribution >= 4 is 28.6 Å². The number of nitrogens with zero attached hydrogens (tertiary/aromatic N) is 2. The van der Waals surface area contributed by atoms with Gasteiger partial charge in [-0.05, 0) is 25.5 Å². The minimum atomic E-state index is -0.229. The van der Waals surface area contributed by atoms with Gasteiger partial charge < -0.3 is 5.32 Å². The smallest absolute Gasteiger partial charge is 0.287 e. The van der Waals surface area contributed by atoms with E-state index in [0.29, 0.717) is 18.8 Å². The van der Waals surface area contributed by atoms with Gasteiger partial charge in [-0.3, -0.25) is 4.79 Å². The highest BCUT2D eigenvalue weighted by molar-refractivity contribution is 7.11. The maximum absolute atomic E-state index is 12.0. The molecule has 20 heavy (non-hydrogen) atoms. The minimum Gasteiger partial charge on any atom is -0.377 e. The fourth-order valence-corrected chi connectivity index (χ4v) is 2.86. The van der Waals surface area contributed by atoms with Gasteiger partial charge in [0.1, 0.15) is 5.02 Å². The molecule has 0 atom stereocenters. The van der Waals surface area contributed by atoms with Crippen LogP contribution in [-0.2, 0) is 13.1 Å². The van der Waals surface area contributed by atoms with Crippen molar-refractivity contribution in [3.05, 3.63) is 43.5 Å². The number of rotatable bonds is 6. The van der Waals surface area contributed by atoms with Crippen molar-refractivity contribution in [3.8, 4) is 0 Å². The fourth-order valence-electron chi connectivity index (χ4n) is 1.82. The average molecular weight is 312 g/mol. The largest absolute Gasteiger partial charge is 0.377 e. The molecule has 0 aliphatic carbocycles. The Balaban J connectivity index is 2.09. The average Bonchev–Trinajstić information content (AvgIpc) is 2.85. The maximum Gasteiger partial charge on any atom is 0.287 e. The summed E-state index contributed by atoms with van der Waals surface area (Å²) in [4.78, 5) is 14.5. The van der Waals surface area contributed by atoms with Gasteiger partial charge in [0.25, 0.3) is 5.56 Å². The molecule has 0 bridgehead atoms. The van der Waals surface area contributed by atoms with Gasteiger partial charge in [-0.2, -0.15) is 5.10 Å². The molecule has 0 saturated heterocycles. The molecule has 108 valence electrons. The number of unbranched alkanes of at least 4 members (excludes halogenated alkanes) is 1. The van der Waals surface area contributed by atoms with Gasteiger partial charge in [0, 0.05) is 22.8 Å². The minimum absolute atomic E-state index is 0.212. The second kappa shape index (κ2) is 6.90. The van der Waals surface area contributed by atoms with Crippen molar-refractivity contribution in [2.45, 2.75) is 39.8 Å². The zero-order chi connectivity index (χ0) is 14.5. The van der Waals surface area contributed by atoms with Gasteiger partial charge in [-0.15, -0.1) is 11.3 Å². The monoisotopic (exact) mass is 311 g/mol. The summed E-state index contributed by atoms with van der Waals surface area (Å²) in [5.41, 5.74) is 0.364. The lowest BCUT2D eigenvalue weighted by Gasteiger charge is -2.09. The lowest BCUT2D eigenvalue weighted by molar-refractivity contribution is 0.543. The first kappa shape index (κ1) is 15.1. The Morgan fingerprint density at radius 3 is 2.90 bits per heavy atom. The predicted octanol–water partition coefficient (Wildman–Crippen LogP) is 3.68. The summed E-state index contributed by atoms with van der Waals surface area (Å²) in [6.45, 7) is 5.40. The summed E-state index contributed by atoms with van der Waals surface area (Å²) < 4.78 is 1.42. The summed E-state index contributed by atoms with van der Waals surface area (Å²) in [5, 5.41) is 7.54. The highest BCUT2D eigenvalue weighted by atomic mass is 35.5. The zero-order valence-corrected chi connectivity index (χ0v) is 13.2. The predicted molar refractivity (Wildman–Crippen MR) is 84.8 cm³/mol. The lowest BCUT2D eigenvalue weighted by Crippen LogP contribution is -2.24. The summed E-state index contributed by atoms with van der Waals surface area (Å²) in [7, 11) is 0. The molecule has 0 fully saturated rings. The first-order valence-corrected chi connectivity index (χ1v) is 7.86. The molecular formula is C14H18ClN3OS. The van der Waals surface area contributed by atoms with Gasteiger partial charge in [-0.1, -0.05) is 24.9 Å². The van der Waals surface area contributed by atoms with Crippen LogP contribution >= 0.6 is 22.9 Å². The van der Waals surface area contributed by atoms with Crippen molar-refractivity contribution in [2.75, 3.05) is 5.32 Å². The molecule has 0 saturated carbocycles. The molecule has 2 heterocycles. The van der Waals surface area contributed by atoms with E-state index in [4.69, 9.17) is 11.6 Å². The molecular weight excluding hydrogens is 294 g/mol. The van der Waals surface area contributed by atoms with Crippen LogP contribution in [-0.4, -0.2) is 9.78 Å². The Morgan fingerprint density at radius 2 is 2.25 bits per heavy atom. The molecule has 0 spiro atoms. The Kier molecular flexibility index (Phi) is 5.20. The molecule has 1 N–H and O–H groups in total. The molecule has 0 unspecified atom stereocenters. The SMILES string of the molecule is CCCCn1ncc(NCc2ccc(C)s2)c(Cl)c1=O. The maximum atomic E-state index is 12.0. The molecule has 0 aromatic carbocycles. The quantitative estimate of drug-likeness (QED) is 0.885. The normalized spacial score (nSPS) is 10.8. The lowest BCUT2D eigenvalue weighted by atomic mass is 10.3. The molecule has 6 heteroatoms. The Bertz CT molecular complexity index is 636. The summed E-state index contributed by atoms with van der Waals surface area (Å²) in [5.74, 6) is 0. The van der Waals surface area contributed by atoms with Crippen molar-refractivity contribution in [2.24, 2.45) is 0 Å². The van der Waals surface area contributed by atoms with Crippen molar-refractivity contribution in [1.82, 2.24) is 9.78 Å². The number of halogens is 1. The fraction of sp³-hybridized carbons (Fsp3) is 0.429. The van der Waals surface area contributed by atoms with Gasteiger partial charge in [0.2, 0.25) is 0 Å². The Morgan fingerprint density at radius 1 is 1.45 bits per heavy atom. The van der Waals surface area contributed by atoms with Crippen LogP contribution in [0.3, 0.4) is 0 Å². The van der Waals surface area contributed by atoms with Crippen LogP contribution in [0, 0.1) is 6.92 Å². The molecule has 4 nitrogen and oxygen atoms in total. The third kappa shape index (κ3) is 3.61. The first-order valence-electron chi connectivity index (χ1n) is 6.66. The third-order valence-electron chi connectivity index (χ3n) is 2.96. The molecule has 0 radical (unpaired) electrons. The zero-order valence-electron chi connectivity index (χ0n) is 11.6. The van der Waals surface area contributed by atoms with E-state index in [9.17, 15) is 4.79 Å². The van der Waals surface area contributed by atoms with E-state index in [1.165, 1.54) is 14.4 Å². The second-order valence-electron chi connectivity index (χ2n) is 4.62. The Hall–Kier alpha value is -1.33.